The van der Waals surface area contributed by atoms with Crippen LogP contribution in [0.2, 0.25) is 0 Å². The monoisotopic (exact) mass is 426 g/mol. The number of hydrogen-bond acceptors (Lipinski definition) is 5. The summed E-state index contributed by atoms with van der Waals surface area (Å²) in [6.45, 7) is 0.227. The summed E-state index contributed by atoms with van der Waals surface area (Å²) in [6.07, 6.45) is 3.24. The van der Waals surface area contributed by atoms with Crippen LogP contribution in [0, 0.1) is 0 Å². The van der Waals surface area contributed by atoms with E-state index in [1.807, 2.05) is 78.2 Å². The van der Waals surface area contributed by atoms with Crippen molar-refractivity contribution in [1.82, 2.24) is 4.98 Å². The molecule has 0 aliphatic carbocycles. The molecule has 6 heteroatoms. The third kappa shape index (κ3) is 4.34. The number of hydrogen-bond donors (Lipinski definition) is 1. The van der Waals surface area contributed by atoms with E-state index in [9.17, 15) is 4.79 Å². The van der Waals surface area contributed by atoms with Crippen molar-refractivity contribution in [3.8, 4) is 33.3 Å². The molecular formula is C25H18N2O3S. The highest BCUT2D eigenvalue weighted by molar-refractivity contribution is 7.13. The Kier molecular flexibility index (Phi) is 5.21. The molecule has 0 saturated carbocycles. The van der Waals surface area contributed by atoms with Crippen molar-refractivity contribution >= 4 is 29.0 Å². The molecule has 0 bridgehead atoms. The number of aromatic nitrogens is 1. The van der Waals surface area contributed by atoms with Gasteiger partial charge in [-0.05, 0) is 35.9 Å². The largest absolute Gasteiger partial charge is 0.454 e. The van der Waals surface area contributed by atoms with Gasteiger partial charge >= 0.3 is 0 Å². The average Bonchev–Trinajstić information content (AvgIpc) is 3.48. The van der Waals surface area contributed by atoms with Gasteiger partial charge in [-0.1, -0.05) is 48.5 Å². The van der Waals surface area contributed by atoms with Crippen LogP contribution in [0.15, 0.2) is 84.3 Å². The van der Waals surface area contributed by atoms with E-state index < -0.39 is 0 Å². The topological polar surface area (TPSA) is 60.5 Å². The second-order valence-corrected chi connectivity index (χ2v) is 7.78. The molecule has 1 aliphatic heterocycles. The highest BCUT2D eigenvalue weighted by Crippen LogP contribution is 2.33. The summed E-state index contributed by atoms with van der Waals surface area (Å²) >= 11 is 1.60. The Morgan fingerprint density at radius 3 is 2.68 bits per heavy atom. The van der Waals surface area contributed by atoms with E-state index in [0.717, 1.165) is 33.1 Å². The maximum absolute atomic E-state index is 12.4. The molecule has 3 aromatic carbocycles. The van der Waals surface area contributed by atoms with Gasteiger partial charge in [-0.2, -0.15) is 0 Å². The van der Waals surface area contributed by atoms with Crippen LogP contribution in [0.25, 0.3) is 27.9 Å². The fraction of sp³-hybridized carbons (Fsp3) is 0.0400. The lowest BCUT2D eigenvalue weighted by Crippen LogP contribution is -2.07. The summed E-state index contributed by atoms with van der Waals surface area (Å²) in [4.78, 5) is 17.1. The number of rotatable bonds is 5. The molecule has 2 heterocycles. The summed E-state index contributed by atoms with van der Waals surface area (Å²) < 4.78 is 10.7. The second-order valence-electron chi connectivity index (χ2n) is 6.92. The minimum atomic E-state index is -0.210. The Balaban J connectivity index is 1.28. The molecule has 1 aliphatic rings. The molecule has 0 spiro atoms. The normalized spacial score (nSPS) is 12.3. The third-order valence-electron chi connectivity index (χ3n) is 4.77. The van der Waals surface area contributed by atoms with Crippen LogP contribution in [0.4, 0.5) is 5.69 Å². The number of thiazole rings is 1. The molecule has 0 saturated heterocycles. The number of ether oxygens (including phenoxy) is 2. The van der Waals surface area contributed by atoms with Crippen LogP contribution in [0.5, 0.6) is 11.5 Å². The standard InChI is InChI=1S/C25H18N2O3S/c28-24(12-10-17-9-11-22-23(13-17)30-16-29-22)26-20-8-4-7-19(14-20)21-15-31-25(27-21)18-5-2-1-3-6-18/h1-15H,16H2,(H,26,28)/b12-10+. The van der Waals surface area contributed by atoms with Crippen LogP contribution < -0.4 is 14.8 Å². The van der Waals surface area contributed by atoms with Gasteiger partial charge in [-0.25, -0.2) is 4.98 Å². The minimum absolute atomic E-state index is 0.210. The smallest absolute Gasteiger partial charge is 0.248 e. The zero-order valence-electron chi connectivity index (χ0n) is 16.4. The number of nitrogens with zero attached hydrogens (tertiary/aromatic N) is 1. The van der Waals surface area contributed by atoms with E-state index in [4.69, 9.17) is 14.5 Å². The minimum Gasteiger partial charge on any atom is -0.454 e. The zero-order chi connectivity index (χ0) is 21.0. The van der Waals surface area contributed by atoms with E-state index in [2.05, 4.69) is 5.32 Å². The molecule has 0 atom stereocenters. The number of carbonyl (C=O) groups excluding carboxylic acids is 1. The molecule has 1 amide bonds. The lowest BCUT2D eigenvalue weighted by atomic mass is 10.1. The molecule has 0 radical (unpaired) electrons. The van der Waals surface area contributed by atoms with E-state index in [1.165, 1.54) is 6.08 Å². The Bertz CT molecular complexity index is 1260. The number of amides is 1. The quantitative estimate of drug-likeness (QED) is 0.406. The number of carbonyl (C=O) groups is 1. The average molecular weight is 426 g/mol. The molecule has 31 heavy (non-hydrogen) atoms. The summed E-state index contributed by atoms with van der Waals surface area (Å²) in [5.41, 5.74) is 4.51. The van der Waals surface area contributed by atoms with Crippen molar-refractivity contribution in [2.75, 3.05) is 12.1 Å². The fourth-order valence-corrected chi connectivity index (χ4v) is 4.08. The summed E-state index contributed by atoms with van der Waals surface area (Å²) in [6, 6.07) is 23.3. The fourth-order valence-electron chi connectivity index (χ4n) is 3.25. The van der Waals surface area contributed by atoms with Crippen LogP contribution in [0.1, 0.15) is 5.56 Å². The van der Waals surface area contributed by atoms with Crippen LogP contribution >= 0.6 is 11.3 Å². The highest BCUT2D eigenvalue weighted by Gasteiger charge is 2.12. The molecule has 0 unspecified atom stereocenters. The van der Waals surface area contributed by atoms with Crippen LogP contribution in [-0.4, -0.2) is 17.7 Å². The van der Waals surface area contributed by atoms with Crippen molar-refractivity contribution in [3.63, 3.8) is 0 Å². The number of anilines is 1. The van der Waals surface area contributed by atoms with Gasteiger partial charge < -0.3 is 14.8 Å². The predicted octanol–water partition coefficient (Wildman–Crippen LogP) is 5.86. The maximum Gasteiger partial charge on any atom is 0.248 e. The predicted molar refractivity (Wildman–Crippen MR) is 123 cm³/mol. The molecule has 0 fully saturated rings. The van der Waals surface area contributed by atoms with Crippen LogP contribution in [0.3, 0.4) is 0 Å². The first-order valence-corrected chi connectivity index (χ1v) is 10.6. The molecule has 152 valence electrons. The Hall–Kier alpha value is -3.90. The first-order chi connectivity index (χ1) is 15.2. The van der Waals surface area contributed by atoms with E-state index >= 15 is 0 Å². The second kappa shape index (κ2) is 8.45. The number of fused-ring (bicyclic) bond motifs is 1. The van der Waals surface area contributed by atoms with Crippen molar-refractivity contribution in [1.29, 1.82) is 0 Å². The van der Waals surface area contributed by atoms with Crippen molar-refractivity contribution in [2.24, 2.45) is 0 Å². The van der Waals surface area contributed by atoms with Crippen LogP contribution in [-0.2, 0) is 4.79 Å². The van der Waals surface area contributed by atoms with Gasteiger partial charge in [0.1, 0.15) is 5.01 Å². The molecule has 5 rings (SSSR count). The van der Waals surface area contributed by atoms with Gasteiger partial charge in [0.2, 0.25) is 12.7 Å². The van der Waals surface area contributed by atoms with Crippen molar-refractivity contribution < 1.29 is 14.3 Å². The summed E-state index contributed by atoms with van der Waals surface area (Å²) in [5, 5.41) is 5.91. The van der Waals surface area contributed by atoms with Gasteiger partial charge in [0.25, 0.3) is 0 Å². The Labute approximate surface area is 183 Å². The lowest BCUT2D eigenvalue weighted by molar-refractivity contribution is -0.111. The van der Waals surface area contributed by atoms with Gasteiger partial charge in [0.15, 0.2) is 11.5 Å². The lowest BCUT2D eigenvalue weighted by Gasteiger charge is -2.04. The molecule has 1 aromatic heterocycles. The first kappa shape index (κ1) is 19.1. The molecule has 5 nitrogen and oxygen atoms in total. The van der Waals surface area contributed by atoms with E-state index in [-0.39, 0.29) is 12.7 Å². The zero-order valence-corrected chi connectivity index (χ0v) is 17.3. The molecular weight excluding hydrogens is 408 g/mol. The molecule has 4 aromatic rings. The van der Waals surface area contributed by atoms with Gasteiger partial charge in [0.05, 0.1) is 5.69 Å². The third-order valence-corrected chi connectivity index (χ3v) is 5.67. The van der Waals surface area contributed by atoms with E-state index in [0.29, 0.717) is 11.4 Å². The van der Waals surface area contributed by atoms with Gasteiger partial charge in [-0.3, -0.25) is 4.79 Å². The SMILES string of the molecule is O=C(/C=C/c1ccc2c(c1)OCO2)Nc1cccc(-c2csc(-c3ccccc3)n2)c1. The maximum atomic E-state index is 12.4. The van der Waals surface area contributed by atoms with Crippen molar-refractivity contribution in [3.05, 3.63) is 89.8 Å². The van der Waals surface area contributed by atoms with Gasteiger partial charge in [-0.15, -0.1) is 11.3 Å². The number of benzene rings is 3. The molecule has 1 N–H and O–H groups in total. The first-order valence-electron chi connectivity index (χ1n) is 9.75. The summed E-state index contributed by atoms with van der Waals surface area (Å²) in [7, 11) is 0. The Morgan fingerprint density at radius 1 is 0.935 bits per heavy atom. The summed E-state index contributed by atoms with van der Waals surface area (Å²) in [5.74, 6) is 1.20. The number of nitrogens with one attached hydrogen (secondary N) is 1. The van der Waals surface area contributed by atoms with E-state index in [1.54, 1.807) is 17.4 Å². The Morgan fingerprint density at radius 2 is 1.77 bits per heavy atom. The highest BCUT2D eigenvalue weighted by atomic mass is 32.1. The van der Waals surface area contributed by atoms with Crippen molar-refractivity contribution in [2.45, 2.75) is 0 Å². The van der Waals surface area contributed by atoms with Gasteiger partial charge in [0, 0.05) is 28.3 Å².